The smallest absolute Gasteiger partial charge is 0.147 e. The van der Waals surface area contributed by atoms with Gasteiger partial charge in [-0.3, -0.25) is 0 Å². The van der Waals surface area contributed by atoms with Crippen LogP contribution in [0.2, 0.25) is 5.25 Å². The van der Waals surface area contributed by atoms with Crippen molar-refractivity contribution in [1.29, 1.82) is 0 Å². The zero-order valence-electron chi connectivity index (χ0n) is 4.85. The Balaban J connectivity index is -0.0000000267. The van der Waals surface area contributed by atoms with Crippen molar-refractivity contribution in [2.45, 2.75) is 25.0 Å². The quantitative estimate of drug-likeness (QED) is 0.650. The molecule has 3 radical (unpaired) electrons. The summed E-state index contributed by atoms with van der Waals surface area (Å²) in [6, 6.07) is 0. The van der Waals surface area contributed by atoms with E-state index in [-0.39, 0.29) is 37.2 Å². The Kier molecular flexibility index (Phi) is 67.5. The molecule has 0 atom stereocenters. The first-order chi connectivity index (χ1) is 2.41. The molecule has 0 aliphatic rings. The molecule has 0 amide bonds. The van der Waals surface area contributed by atoms with Crippen LogP contribution < -0.4 is 0 Å². The summed E-state index contributed by atoms with van der Waals surface area (Å²) >= 11 is 2.21. The van der Waals surface area contributed by atoms with Crippen LogP contribution in [0, 0.1) is 0 Å². The van der Waals surface area contributed by atoms with E-state index in [1.54, 1.807) is 0 Å². The summed E-state index contributed by atoms with van der Waals surface area (Å²) in [6.07, 6.45) is 2.73. The molecule has 0 saturated carbocycles. The second-order valence-electron chi connectivity index (χ2n) is 1.10. The van der Waals surface area contributed by atoms with Crippen molar-refractivity contribution in [3.05, 3.63) is 0 Å². The van der Waals surface area contributed by atoms with Crippen LogP contribution in [0.25, 0.3) is 0 Å². The van der Waals surface area contributed by atoms with Gasteiger partial charge >= 0.3 is 41.5 Å². The molecule has 0 aliphatic carbocycles. The van der Waals surface area contributed by atoms with Gasteiger partial charge in [0.2, 0.25) is 0 Å². The molecule has 4 heteroatoms. The first-order valence-corrected chi connectivity index (χ1v) is 3.54. The maximum absolute atomic E-state index is 2.21. The van der Waals surface area contributed by atoms with E-state index < -0.39 is 0 Å². The van der Waals surface area contributed by atoms with Gasteiger partial charge in [-0.2, -0.15) is 0 Å². The third-order valence-electron chi connectivity index (χ3n) is 0.530. The number of halogens is 3. The molecule has 0 bridgehead atoms. The average Bonchev–Trinajstić information content (AvgIpc) is 1.41. The van der Waals surface area contributed by atoms with Crippen molar-refractivity contribution in [2.24, 2.45) is 0 Å². The molecule has 0 N–H and O–H groups in total. The maximum atomic E-state index is 2.21. The molecule has 0 aliphatic heterocycles. The average molecular weight is 239 g/mol. The second kappa shape index (κ2) is 23.7. The fraction of sp³-hybridized carbons (Fsp3) is 1.00. The van der Waals surface area contributed by atoms with Crippen LogP contribution in [0.4, 0.5) is 0 Å². The van der Waals surface area contributed by atoms with Gasteiger partial charge < -0.3 is 0 Å². The minimum atomic E-state index is 0. The summed E-state index contributed by atoms with van der Waals surface area (Å²) in [7, 11) is 0. The molecule has 0 aromatic heterocycles. The van der Waals surface area contributed by atoms with Gasteiger partial charge in [0, 0.05) is 0 Å². The van der Waals surface area contributed by atoms with Crippen LogP contribution in [-0.4, -0.2) is 16.5 Å². The Morgan fingerprint density at radius 2 is 1.50 bits per heavy atom. The Morgan fingerprint density at radius 3 is 1.50 bits per heavy atom. The van der Waals surface area contributed by atoms with Gasteiger partial charge in [0.1, 0.15) is 0 Å². The van der Waals surface area contributed by atoms with Gasteiger partial charge in [0.05, 0.1) is 0 Å². The number of unbranched alkanes of at least 4 members (excludes halogenated alkanes) is 1. The molecule has 0 fully saturated rings. The number of hydrogen-bond acceptors (Lipinski definition) is 0. The summed E-state index contributed by atoms with van der Waals surface area (Å²) in [5, 5.41) is 1.34. The van der Waals surface area contributed by atoms with Crippen LogP contribution in [-0.2, 0) is 0 Å². The first kappa shape index (κ1) is 22.7. The Hall–Kier alpha value is 1.41. The molecule has 0 spiro atoms. The van der Waals surface area contributed by atoms with Gasteiger partial charge in [-0.15, -0.1) is 37.2 Å². The molecule has 53 valence electrons. The fourth-order valence-electron chi connectivity index (χ4n) is 0.177. The van der Waals surface area contributed by atoms with Crippen molar-refractivity contribution in [1.82, 2.24) is 0 Å². The van der Waals surface area contributed by atoms with E-state index in [0.29, 0.717) is 0 Å². The first-order valence-electron chi connectivity index (χ1n) is 2.06. The van der Waals surface area contributed by atoms with E-state index in [4.69, 9.17) is 0 Å². The zero-order valence-corrected chi connectivity index (χ0v) is 9.39. The normalized spacial score (nSPS) is 5.25. The zero-order chi connectivity index (χ0) is 4.12. The van der Waals surface area contributed by atoms with Gasteiger partial charge in [-0.25, -0.2) is 0 Å². The maximum Gasteiger partial charge on any atom is -0.147 e. The molecule has 8 heavy (non-hydrogen) atoms. The largest absolute Gasteiger partial charge is 0.147 e. The summed E-state index contributed by atoms with van der Waals surface area (Å²) in [4.78, 5) is 0. The van der Waals surface area contributed by atoms with Crippen LogP contribution in [0.3, 0.4) is 0 Å². The third kappa shape index (κ3) is 26.2. The van der Waals surface area contributed by atoms with Crippen LogP contribution in [0.15, 0.2) is 0 Å². The van der Waals surface area contributed by atoms with Gasteiger partial charge in [-0.1, -0.05) is 0 Å². The van der Waals surface area contributed by atoms with E-state index >= 15 is 0 Å². The van der Waals surface area contributed by atoms with Crippen LogP contribution in [0.5, 0.6) is 0 Å². The molecule has 0 saturated heterocycles. The van der Waals surface area contributed by atoms with Crippen molar-refractivity contribution in [3.63, 3.8) is 0 Å². The molecular weight excluding hydrogens is 227 g/mol. The molecule has 0 rings (SSSR count). The van der Waals surface area contributed by atoms with E-state index in [0.717, 1.165) is 0 Å². The van der Waals surface area contributed by atoms with E-state index in [1.165, 1.54) is 18.1 Å². The number of rotatable bonds is 2. The van der Waals surface area contributed by atoms with Crippen molar-refractivity contribution < 1.29 is 0 Å². The van der Waals surface area contributed by atoms with Gasteiger partial charge in [-0.05, 0) is 0 Å². The van der Waals surface area contributed by atoms with E-state index in [2.05, 4.69) is 23.4 Å². The van der Waals surface area contributed by atoms with Gasteiger partial charge in [0.25, 0.3) is 0 Å². The monoisotopic (exact) mass is 239 g/mol. The Morgan fingerprint density at radius 1 is 1.12 bits per heavy atom. The third-order valence-corrected chi connectivity index (χ3v) is 1.27. The summed E-state index contributed by atoms with van der Waals surface area (Å²) < 4.78 is 0. The predicted molar refractivity (Wildman–Crippen MR) is 47.2 cm³/mol. The fourth-order valence-corrected chi connectivity index (χ4v) is 0.919. The predicted octanol–water partition coefficient (Wildman–Crippen LogP) is 2.64. The van der Waals surface area contributed by atoms with E-state index in [9.17, 15) is 0 Å². The summed E-state index contributed by atoms with van der Waals surface area (Å²) in [6.45, 7) is 2.21. The van der Waals surface area contributed by atoms with Gasteiger partial charge in [0.15, 0.2) is 0 Å². The minimum absolute atomic E-state index is 0. The van der Waals surface area contributed by atoms with Crippen LogP contribution in [0.1, 0.15) is 19.8 Å². The van der Waals surface area contributed by atoms with Crippen molar-refractivity contribution >= 4 is 53.7 Å². The Labute approximate surface area is 78.6 Å². The van der Waals surface area contributed by atoms with Crippen molar-refractivity contribution in [2.75, 3.05) is 0 Å². The van der Waals surface area contributed by atoms with Crippen LogP contribution >= 0.6 is 37.2 Å². The second-order valence-corrected chi connectivity index (χ2v) is 2.15. The minimum Gasteiger partial charge on any atom is -0.147 e. The topological polar surface area (TPSA) is 0 Å². The molecule has 0 nitrogen and oxygen atoms in total. The summed E-state index contributed by atoms with van der Waals surface area (Å²) in [5.74, 6) is 0. The van der Waals surface area contributed by atoms with Crippen molar-refractivity contribution in [3.8, 4) is 0 Å². The molecule has 0 aromatic rings. The SMILES string of the molecule is CCC[CH2][Ge].Cl.Cl.Cl. The molecule has 0 unspecified atom stereocenters. The summed E-state index contributed by atoms with van der Waals surface area (Å²) in [5.41, 5.74) is 0. The Bertz CT molecular complexity index is 18.8. The van der Waals surface area contributed by atoms with E-state index in [1.807, 2.05) is 0 Å². The standard InChI is InChI=1S/C4H9Ge.3ClH/c1-2-3-4-5;;;/h2-4H2,1H3;3*1H. The molecule has 0 heterocycles. The number of hydrogen-bond donors (Lipinski definition) is 0. The molecular formula is C4H12Cl3Ge. The molecule has 0 aromatic carbocycles.